The Bertz CT molecular complexity index is 658. The van der Waals surface area contributed by atoms with Gasteiger partial charge in [-0.25, -0.2) is 9.37 Å². The third-order valence-electron chi connectivity index (χ3n) is 3.95. The number of benzene rings is 1. The van der Waals surface area contributed by atoms with Gasteiger partial charge in [-0.15, -0.1) is 0 Å². The molecule has 23 heavy (non-hydrogen) atoms. The average Bonchev–Trinajstić information content (AvgIpc) is 2.58. The first-order valence-electron chi connectivity index (χ1n) is 7.70. The maximum absolute atomic E-state index is 13.6. The van der Waals surface area contributed by atoms with Crippen LogP contribution in [0, 0.1) is 5.82 Å². The summed E-state index contributed by atoms with van der Waals surface area (Å²) >= 11 is 0. The van der Waals surface area contributed by atoms with E-state index in [1.807, 2.05) is 0 Å². The van der Waals surface area contributed by atoms with Crippen molar-refractivity contribution in [3.05, 3.63) is 54.2 Å². The predicted octanol–water partition coefficient (Wildman–Crippen LogP) is 2.74. The van der Waals surface area contributed by atoms with Gasteiger partial charge >= 0.3 is 0 Å². The van der Waals surface area contributed by atoms with Crippen molar-refractivity contribution in [2.45, 2.75) is 37.8 Å². The summed E-state index contributed by atoms with van der Waals surface area (Å²) in [5, 5.41) is 2.90. The molecule has 1 N–H and O–H groups in total. The SMILES string of the molecule is O=C(NC1CCC(Oc2cnccn2)CC1)c1ccccc1F. The Labute approximate surface area is 133 Å². The van der Waals surface area contributed by atoms with Crippen LogP contribution in [0.15, 0.2) is 42.9 Å². The van der Waals surface area contributed by atoms with E-state index in [9.17, 15) is 9.18 Å². The molecule has 0 bridgehead atoms. The molecule has 1 aliphatic carbocycles. The Balaban J connectivity index is 1.49. The summed E-state index contributed by atoms with van der Waals surface area (Å²) in [6.45, 7) is 0. The molecule has 1 heterocycles. The van der Waals surface area contributed by atoms with Crippen LogP contribution >= 0.6 is 0 Å². The highest BCUT2D eigenvalue weighted by Crippen LogP contribution is 2.23. The molecule has 1 aromatic heterocycles. The summed E-state index contributed by atoms with van der Waals surface area (Å²) in [6, 6.07) is 6.06. The average molecular weight is 315 g/mol. The van der Waals surface area contributed by atoms with Crippen LogP contribution in [0.3, 0.4) is 0 Å². The lowest BCUT2D eigenvalue weighted by Crippen LogP contribution is -2.40. The van der Waals surface area contributed by atoms with Gasteiger partial charge in [0.1, 0.15) is 11.9 Å². The molecule has 1 saturated carbocycles. The fourth-order valence-corrected chi connectivity index (χ4v) is 2.75. The van der Waals surface area contributed by atoms with Crippen molar-refractivity contribution in [2.24, 2.45) is 0 Å². The number of nitrogens with zero attached hydrogens (tertiary/aromatic N) is 2. The molecule has 2 aromatic rings. The minimum atomic E-state index is -0.496. The van der Waals surface area contributed by atoms with Gasteiger partial charge in [0.2, 0.25) is 5.88 Å². The molecule has 1 aromatic carbocycles. The fourth-order valence-electron chi connectivity index (χ4n) is 2.75. The third kappa shape index (κ3) is 4.03. The van der Waals surface area contributed by atoms with Gasteiger partial charge in [0, 0.05) is 18.4 Å². The number of halogens is 1. The molecule has 1 amide bonds. The van der Waals surface area contributed by atoms with E-state index in [-0.39, 0.29) is 23.6 Å². The highest BCUT2D eigenvalue weighted by Gasteiger charge is 2.24. The topological polar surface area (TPSA) is 64.1 Å². The summed E-state index contributed by atoms with van der Waals surface area (Å²) in [7, 11) is 0. The van der Waals surface area contributed by atoms with Gasteiger partial charge in [-0.05, 0) is 37.8 Å². The molecule has 0 radical (unpaired) electrons. The summed E-state index contributed by atoms with van der Waals surface area (Å²) < 4.78 is 19.4. The van der Waals surface area contributed by atoms with Crippen molar-refractivity contribution < 1.29 is 13.9 Å². The van der Waals surface area contributed by atoms with Crippen molar-refractivity contribution in [3.8, 4) is 5.88 Å². The monoisotopic (exact) mass is 315 g/mol. The van der Waals surface area contributed by atoms with E-state index in [2.05, 4.69) is 15.3 Å². The zero-order valence-corrected chi connectivity index (χ0v) is 12.6. The Morgan fingerprint density at radius 1 is 1.17 bits per heavy atom. The number of amides is 1. The van der Waals surface area contributed by atoms with Gasteiger partial charge in [0.15, 0.2) is 0 Å². The lowest BCUT2D eigenvalue weighted by atomic mass is 9.92. The molecule has 5 nitrogen and oxygen atoms in total. The van der Waals surface area contributed by atoms with E-state index in [0.717, 1.165) is 25.7 Å². The van der Waals surface area contributed by atoms with Crippen molar-refractivity contribution in [1.29, 1.82) is 0 Å². The van der Waals surface area contributed by atoms with Gasteiger partial charge in [0.05, 0.1) is 11.8 Å². The molecule has 120 valence electrons. The van der Waals surface area contributed by atoms with Crippen LogP contribution in [0.4, 0.5) is 4.39 Å². The maximum atomic E-state index is 13.6. The molecule has 0 aliphatic heterocycles. The van der Waals surface area contributed by atoms with Crippen LogP contribution < -0.4 is 10.1 Å². The zero-order chi connectivity index (χ0) is 16.1. The third-order valence-corrected chi connectivity index (χ3v) is 3.95. The number of rotatable bonds is 4. The Kier molecular flexibility index (Phi) is 4.80. The van der Waals surface area contributed by atoms with Crippen LogP contribution in [0.25, 0.3) is 0 Å². The highest BCUT2D eigenvalue weighted by molar-refractivity contribution is 5.94. The lowest BCUT2D eigenvalue weighted by Gasteiger charge is -2.29. The van der Waals surface area contributed by atoms with Gasteiger partial charge in [-0.3, -0.25) is 9.78 Å². The number of ether oxygens (including phenoxy) is 1. The molecule has 1 aliphatic rings. The minimum absolute atomic E-state index is 0.0452. The molecule has 6 heteroatoms. The van der Waals surface area contributed by atoms with E-state index in [0.29, 0.717) is 5.88 Å². The number of aromatic nitrogens is 2. The Hall–Kier alpha value is -2.50. The summed E-state index contributed by atoms with van der Waals surface area (Å²) in [5.41, 5.74) is 0.0884. The second kappa shape index (κ2) is 7.17. The fraction of sp³-hybridized carbons (Fsp3) is 0.353. The molecule has 0 unspecified atom stereocenters. The van der Waals surface area contributed by atoms with Crippen LogP contribution in [-0.4, -0.2) is 28.0 Å². The second-order valence-electron chi connectivity index (χ2n) is 5.59. The first-order valence-corrected chi connectivity index (χ1v) is 7.70. The van der Waals surface area contributed by atoms with Crippen LogP contribution in [0.2, 0.25) is 0 Å². The Morgan fingerprint density at radius 3 is 2.65 bits per heavy atom. The van der Waals surface area contributed by atoms with Crippen molar-refractivity contribution in [3.63, 3.8) is 0 Å². The van der Waals surface area contributed by atoms with Crippen LogP contribution in [0.1, 0.15) is 36.0 Å². The van der Waals surface area contributed by atoms with Crippen molar-refractivity contribution in [2.75, 3.05) is 0 Å². The van der Waals surface area contributed by atoms with Crippen molar-refractivity contribution >= 4 is 5.91 Å². The molecule has 0 saturated heterocycles. The molecule has 3 rings (SSSR count). The number of hydrogen-bond donors (Lipinski definition) is 1. The number of nitrogens with one attached hydrogen (secondary N) is 1. The highest BCUT2D eigenvalue weighted by atomic mass is 19.1. The minimum Gasteiger partial charge on any atom is -0.473 e. The number of carbonyl (C=O) groups excluding carboxylic acids is 1. The first-order chi connectivity index (χ1) is 11.2. The van der Waals surface area contributed by atoms with Gasteiger partial charge in [0.25, 0.3) is 5.91 Å². The van der Waals surface area contributed by atoms with Crippen LogP contribution in [-0.2, 0) is 0 Å². The largest absolute Gasteiger partial charge is 0.473 e. The Morgan fingerprint density at radius 2 is 1.96 bits per heavy atom. The summed E-state index contributed by atoms with van der Waals surface area (Å²) in [4.78, 5) is 20.2. The van der Waals surface area contributed by atoms with E-state index >= 15 is 0 Å². The van der Waals surface area contributed by atoms with E-state index in [4.69, 9.17) is 4.74 Å². The molecular weight excluding hydrogens is 297 g/mol. The van der Waals surface area contributed by atoms with Gasteiger partial charge in [-0.2, -0.15) is 0 Å². The standard InChI is InChI=1S/C17H18FN3O2/c18-15-4-2-1-3-14(15)17(22)21-12-5-7-13(8-6-12)23-16-11-19-9-10-20-16/h1-4,9-13H,5-8H2,(H,21,22). The zero-order valence-electron chi connectivity index (χ0n) is 12.6. The van der Waals surface area contributed by atoms with E-state index in [1.165, 1.54) is 12.1 Å². The van der Waals surface area contributed by atoms with E-state index < -0.39 is 5.82 Å². The van der Waals surface area contributed by atoms with Crippen LogP contribution in [0.5, 0.6) is 5.88 Å². The van der Waals surface area contributed by atoms with E-state index in [1.54, 1.807) is 30.7 Å². The van der Waals surface area contributed by atoms with Gasteiger partial charge in [-0.1, -0.05) is 12.1 Å². The van der Waals surface area contributed by atoms with Crippen molar-refractivity contribution in [1.82, 2.24) is 15.3 Å². The smallest absolute Gasteiger partial charge is 0.254 e. The normalized spacial score (nSPS) is 20.7. The number of hydrogen-bond acceptors (Lipinski definition) is 4. The molecular formula is C17H18FN3O2. The summed E-state index contributed by atoms with van der Waals surface area (Å²) in [5.74, 6) is -0.336. The summed E-state index contributed by atoms with van der Waals surface area (Å²) in [6.07, 6.45) is 8.09. The lowest BCUT2D eigenvalue weighted by molar-refractivity contribution is 0.0886. The quantitative estimate of drug-likeness (QED) is 0.942. The molecule has 0 spiro atoms. The molecule has 1 fully saturated rings. The van der Waals surface area contributed by atoms with Gasteiger partial charge < -0.3 is 10.1 Å². The maximum Gasteiger partial charge on any atom is 0.254 e. The second-order valence-corrected chi connectivity index (χ2v) is 5.59. The first kappa shape index (κ1) is 15.4. The predicted molar refractivity (Wildman–Crippen MR) is 82.6 cm³/mol. The number of carbonyl (C=O) groups is 1. The molecule has 0 atom stereocenters.